The summed E-state index contributed by atoms with van der Waals surface area (Å²) in [7, 11) is 0. The molecule has 9 heteroatoms. The van der Waals surface area contributed by atoms with E-state index in [0.717, 1.165) is 25.9 Å². The van der Waals surface area contributed by atoms with Crippen molar-refractivity contribution in [1.82, 2.24) is 15.1 Å². The van der Waals surface area contributed by atoms with Crippen LogP contribution in [-0.2, 0) is 23.9 Å². The van der Waals surface area contributed by atoms with Crippen molar-refractivity contribution < 1.29 is 29.0 Å². The van der Waals surface area contributed by atoms with E-state index in [4.69, 9.17) is 9.47 Å². The monoisotopic (exact) mass is 507 g/mol. The Morgan fingerprint density at radius 1 is 1.22 bits per heavy atom. The Kier molecular flexibility index (Phi) is 10.8. The van der Waals surface area contributed by atoms with Gasteiger partial charge in [-0.3, -0.25) is 19.3 Å². The quantitative estimate of drug-likeness (QED) is 0.304. The van der Waals surface area contributed by atoms with Gasteiger partial charge in [-0.15, -0.1) is 0 Å². The molecule has 0 radical (unpaired) electrons. The second-order valence-electron chi connectivity index (χ2n) is 10.6. The summed E-state index contributed by atoms with van der Waals surface area (Å²) >= 11 is 0. The van der Waals surface area contributed by atoms with Gasteiger partial charge in [0.15, 0.2) is 0 Å². The van der Waals surface area contributed by atoms with Gasteiger partial charge >= 0.3 is 5.97 Å². The summed E-state index contributed by atoms with van der Waals surface area (Å²) in [6.07, 6.45) is 6.19. The Morgan fingerprint density at radius 3 is 2.56 bits per heavy atom. The Balaban J connectivity index is 1.88. The molecule has 2 N–H and O–H groups in total. The first-order chi connectivity index (χ1) is 17.3. The second kappa shape index (κ2) is 13.5. The average molecular weight is 508 g/mol. The van der Waals surface area contributed by atoms with Crippen molar-refractivity contribution >= 4 is 17.8 Å². The third-order valence-electron chi connectivity index (χ3n) is 7.68. The van der Waals surface area contributed by atoms with Crippen LogP contribution in [0, 0.1) is 29.6 Å². The summed E-state index contributed by atoms with van der Waals surface area (Å²) in [4.78, 5) is 44.6. The molecule has 36 heavy (non-hydrogen) atoms. The van der Waals surface area contributed by atoms with Crippen LogP contribution in [0.4, 0.5) is 0 Å². The summed E-state index contributed by atoms with van der Waals surface area (Å²) in [6, 6.07) is -1.25. The van der Waals surface area contributed by atoms with Crippen LogP contribution >= 0.6 is 0 Å². The minimum atomic E-state index is -0.765. The molecule has 9 nitrogen and oxygen atoms in total. The highest BCUT2D eigenvalue weighted by atomic mass is 16.5. The first-order valence-corrected chi connectivity index (χ1v) is 13.7. The molecule has 0 aromatic rings. The van der Waals surface area contributed by atoms with Crippen molar-refractivity contribution in [2.75, 3.05) is 52.6 Å². The molecular formula is C27H45N3O6. The lowest BCUT2D eigenvalue weighted by molar-refractivity contribution is -0.156. The minimum Gasteiger partial charge on any atom is -0.466 e. The number of aliphatic hydroxyl groups is 1. The number of hydrogen-bond donors (Lipinski definition) is 2. The molecule has 1 aliphatic carbocycles. The van der Waals surface area contributed by atoms with Gasteiger partial charge in [0.05, 0.1) is 44.3 Å². The summed E-state index contributed by atoms with van der Waals surface area (Å²) < 4.78 is 10.8. The van der Waals surface area contributed by atoms with Crippen LogP contribution in [0.25, 0.3) is 0 Å². The largest absolute Gasteiger partial charge is 0.466 e. The van der Waals surface area contributed by atoms with Crippen molar-refractivity contribution in [3.8, 4) is 0 Å². The summed E-state index contributed by atoms with van der Waals surface area (Å²) in [5, 5.41) is 13.3. The molecule has 204 valence electrons. The lowest BCUT2D eigenvalue weighted by Crippen LogP contribution is -2.53. The standard InChI is InChI=1S/C27H45N3O6/c1-5-7-19-8-9-21-23(22(19)27(34)36-6-2)26(33)30(20(17-31)16-18(3)4)24(21)25(32)28-10-11-29-12-14-35-15-13-29/h8-9,18-24,31H,5-7,10-17H2,1-4H3,(H,28,32)/t19-,20-,21+,22-,23-,24+/m1/s1. The number of nitrogens with one attached hydrogen (secondary N) is 1. The van der Waals surface area contributed by atoms with E-state index >= 15 is 0 Å². The molecule has 0 aromatic carbocycles. The first-order valence-electron chi connectivity index (χ1n) is 13.7. The van der Waals surface area contributed by atoms with Gasteiger partial charge in [-0.2, -0.15) is 0 Å². The number of ether oxygens (including phenoxy) is 2. The van der Waals surface area contributed by atoms with Gasteiger partial charge in [-0.1, -0.05) is 39.3 Å². The number of allylic oxidation sites excluding steroid dienone is 1. The number of carbonyl (C=O) groups excluding carboxylic acids is 3. The molecule has 2 aliphatic heterocycles. The number of aliphatic hydroxyl groups excluding tert-OH is 1. The van der Waals surface area contributed by atoms with E-state index < -0.39 is 29.8 Å². The number of likely N-dealkylation sites (tertiary alicyclic amines) is 1. The van der Waals surface area contributed by atoms with Gasteiger partial charge < -0.3 is 24.8 Å². The zero-order valence-electron chi connectivity index (χ0n) is 22.4. The van der Waals surface area contributed by atoms with Crippen molar-refractivity contribution in [2.45, 2.75) is 59.0 Å². The minimum absolute atomic E-state index is 0.109. The van der Waals surface area contributed by atoms with Gasteiger partial charge in [-0.25, -0.2) is 0 Å². The SMILES string of the molecule is CCC[C@@H]1C=C[C@H]2[C@@H](C(=O)N([C@@H](CO)CC(C)C)[C@@H]2C(=O)NCCN2CCOCC2)[C@@H]1C(=O)OCC. The van der Waals surface area contributed by atoms with E-state index in [0.29, 0.717) is 32.7 Å². The predicted octanol–water partition coefficient (Wildman–Crippen LogP) is 1.45. The average Bonchev–Trinajstić information content (AvgIpc) is 3.15. The number of fused-ring (bicyclic) bond motifs is 1. The molecule has 6 atom stereocenters. The van der Waals surface area contributed by atoms with Gasteiger partial charge in [-0.05, 0) is 31.6 Å². The molecule has 0 bridgehead atoms. The summed E-state index contributed by atoms with van der Waals surface area (Å²) in [5.41, 5.74) is 0. The highest BCUT2D eigenvalue weighted by Crippen LogP contribution is 2.46. The summed E-state index contributed by atoms with van der Waals surface area (Å²) in [5.74, 6) is -2.44. The van der Waals surface area contributed by atoms with Crippen LogP contribution in [0.2, 0.25) is 0 Å². The van der Waals surface area contributed by atoms with E-state index in [1.165, 1.54) is 0 Å². The van der Waals surface area contributed by atoms with Gasteiger partial charge in [0.2, 0.25) is 11.8 Å². The molecule has 0 saturated carbocycles. The maximum atomic E-state index is 14.0. The van der Waals surface area contributed by atoms with Crippen LogP contribution in [0.15, 0.2) is 12.2 Å². The molecule has 0 spiro atoms. The second-order valence-corrected chi connectivity index (χ2v) is 10.6. The smallest absolute Gasteiger partial charge is 0.310 e. The Hall–Kier alpha value is -1.97. The topological polar surface area (TPSA) is 108 Å². The van der Waals surface area contributed by atoms with Gasteiger partial charge in [0.25, 0.3) is 0 Å². The lowest BCUT2D eigenvalue weighted by Gasteiger charge is -2.34. The number of nitrogens with zero attached hydrogens (tertiary/aromatic N) is 2. The highest BCUT2D eigenvalue weighted by molar-refractivity contribution is 5.96. The molecule has 2 fully saturated rings. The van der Waals surface area contributed by atoms with E-state index in [9.17, 15) is 19.5 Å². The van der Waals surface area contributed by atoms with Crippen LogP contribution in [0.1, 0.15) is 47.0 Å². The number of esters is 1. The Labute approximate surface area is 215 Å². The van der Waals surface area contributed by atoms with Gasteiger partial charge in [0, 0.05) is 32.1 Å². The summed E-state index contributed by atoms with van der Waals surface area (Å²) in [6.45, 7) is 12.1. The normalized spacial score (nSPS) is 29.3. The molecule has 3 aliphatic rings. The maximum Gasteiger partial charge on any atom is 0.310 e. The van der Waals surface area contributed by atoms with Crippen LogP contribution in [0.5, 0.6) is 0 Å². The number of carbonyl (C=O) groups is 3. The fourth-order valence-electron chi connectivity index (χ4n) is 6.09. The molecule has 2 amide bonds. The zero-order valence-corrected chi connectivity index (χ0v) is 22.4. The van der Waals surface area contributed by atoms with Crippen molar-refractivity contribution in [1.29, 1.82) is 0 Å². The number of morpholine rings is 1. The number of hydrogen-bond acceptors (Lipinski definition) is 7. The van der Waals surface area contributed by atoms with Crippen molar-refractivity contribution in [3.63, 3.8) is 0 Å². The first kappa shape index (κ1) is 28.6. The van der Waals surface area contributed by atoms with Crippen LogP contribution in [0.3, 0.4) is 0 Å². The Bertz CT molecular complexity index is 781. The van der Waals surface area contributed by atoms with Crippen LogP contribution in [-0.4, -0.2) is 97.4 Å². The third-order valence-corrected chi connectivity index (χ3v) is 7.68. The van der Waals surface area contributed by atoms with Gasteiger partial charge in [0.1, 0.15) is 6.04 Å². The van der Waals surface area contributed by atoms with E-state index in [1.807, 2.05) is 26.0 Å². The molecule has 0 unspecified atom stereocenters. The Morgan fingerprint density at radius 2 is 1.94 bits per heavy atom. The highest BCUT2D eigenvalue weighted by Gasteiger charge is 2.58. The van der Waals surface area contributed by atoms with E-state index in [1.54, 1.807) is 11.8 Å². The predicted molar refractivity (Wildman–Crippen MR) is 136 cm³/mol. The number of rotatable bonds is 12. The van der Waals surface area contributed by atoms with Crippen LogP contribution < -0.4 is 5.32 Å². The lowest BCUT2D eigenvalue weighted by atomic mass is 9.69. The molecule has 3 rings (SSSR count). The third kappa shape index (κ3) is 6.47. The molecule has 0 aromatic heterocycles. The van der Waals surface area contributed by atoms with Crippen molar-refractivity contribution in [3.05, 3.63) is 12.2 Å². The van der Waals surface area contributed by atoms with E-state index in [2.05, 4.69) is 17.1 Å². The fourth-order valence-corrected chi connectivity index (χ4v) is 6.09. The fraction of sp³-hybridized carbons (Fsp3) is 0.815. The molecule has 2 saturated heterocycles. The van der Waals surface area contributed by atoms with E-state index in [-0.39, 0.29) is 42.8 Å². The maximum absolute atomic E-state index is 14.0. The number of amides is 2. The van der Waals surface area contributed by atoms with Crippen molar-refractivity contribution in [2.24, 2.45) is 29.6 Å². The zero-order chi connectivity index (χ0) is 26.2. The molecule has 2 heterocycles. The molecular weight excluding hydrogens is 462 g/mol.